The van der Waals surface area contributed by atoms with Gasteiger partial charge < -0.3 is 14.0 Å². The molecule has 2 aromatic rings. The minimum Gasteiger partial charge on any atom is -0.497 e. The molecule has 0 bridgehead atoms. The van der Waals surface area contributed by atoms with Gasteiger partial charge in [0.1, 0.15) is 16.5 Å². The van der Waals surface area contributed by atoms with E-state index in [2.05, 4.69) is 10.1 Å². The van der Waals surface area contributed by atoms with Crippen LogP contribution in [0.25, 0.3) is 11.8 Å². The number of nitrogens with one attached hydrogen (secondary N) is 1. The molecule has 0 fully saturated rings. The molecule has 1 amide bonds. The summed E-state index contributed by atoms with van der Waals surface area (Å²) in [4.78, 5) is 16.9. The van der Waals surface area contributed by atoms with Crippen LogP contribution in [0.4, 0.5) is 0 Å². The number of hydrazone groups is 1. The molecule has 9 heteroatoms. The SMILES string of the molecule is COc1ccc(OC)c(-n2c(C)cc(/C=C3/C(=N)N4N=C(C(C)C)SC4=NC3=O)c2C)c1. The monoisotopic (exact) mass is 451 g/mol. The van der Waals surface area contributed by atoms with E-state index in [1.54, 1.807) is 20.3 Å². The minimum atomic E-state index is -0.433. The Hall–Kier alpha value is -3.33. The predicted molar refractivity (Wildman–Crippen MR) is 128 cm³/mol. The quantitative estimate of drug-likeness (QED) is 0.681. The Morgan fingerprint density at radius 3 is 2.56 bits per heavy atom. The average Bonchev–Trinajstić information content (AvgIpc) is 3.31. The Morgan fingerprint density at radius 1 is 1.16 bits per heavy atom. The van der Waals surface area contributed by atoms with Crippen LogP contribution in [0.5, 0.6) is 11.5 Å². The van der Waals surface area contributed by atoms with E-state index < -0.39 is 5.91 Å². The molecular formula is C23H25N5O3S. The highest BCUT2D eigenvalue weighted by atomic mass is 32.2. The molecule has 32 heavy (non-hydrogen) atoms. The van der Waals surface area contributed by atoms with Crippen LogP contribution < -0.4 is 9.47 Å². The molecule has 8 nitrogen and oxygen atoms in total. The van der Waals surface area contributed by atoms with Crippen molar-refractivity contribution in [2.24, 2.45) is 16.0 Å². The molecule has 4 rings (SSSR count). The van der Waals surface area contributed by atoms with Crippen LogP contribution in [0.1, 0.15) is 30.8 Å². The number of rotatable bonds is 5. The molecule has 0 saturated carbocycles. The maximum atomic E-state index is 12.8. The van der Waals surface area contributed by atoms with Gasteiger partial charge in [-0.3, -0.25) is 10.2 Å². The van der Waals surface area contributed by atoms with Gasteiger partial charge in [-0.1, -0.05) is 13.8 Å². The summed E-state index contributed by atoms with van der Waals surface area (Å²) in [7, 11) is 3.25. The van der Waals surface area contributed by atoms with Gasteiger partial charge in [-0.15, -0.1) is 0 Å². The summed E-state index contributed by atoms with van der Waals surface area (Å²) in [5.74, 6) is 1.21. The van der Waals surface area contributed by atoms with Crippen molar-refractivity contribution in [3.8, 4) is 17.2 Å². The molecular weight excluding hydrogens is 426 g/mol. The number of carbonyl (C=O) groups is 1. The third kappa shape index (κ3) is 3.62. The van der Waals surface area contributed by atoms with E-state index in [0.29, 0.717) is 16.7 Å². The number of hydrogen-bond acceptors (Lipinski definition) is 6. The molecule has 0 atom stereocenters. The number of nitrogens with zero attached hydrogens (tertiary/aromatic N) is 4. The van der Waals surface area contributed by atoms with Crippen LogP contribution in [0.2, 0.25) is 0 Å². The summed E-state index contributed by atoms with van der Waals surface area (Å²) in [6.45, 7) is 7.99. The van der Waals surface area contributed by atoms with E-state index in [1.165, 1.54) is 16.8 Å². The van der Waals surface area contributed by atoms with Crippen LogP contribution in [-0.4, -0.2) is 45.7 Å². The van der Waals surface area contributed by atoms with Crippen molar-refractivity contribution in [2.45, 2.75) is 27.7 Å². The van der Waals surface area contributed by atoms with E-state index in [9.17, 15) is 4.79 Å². The van der Waals surface area contributed by atoms with Crippen molar-refractivity contribution in [1.82, 2.24) is 9.58 Å². The third-order valence-corrected chi connectivity index (χ3v) is 6.57. The fraction of sp³-hybridized carbons (Fsp3) is 0.304. The fourth-order valence-electron chi connectivity index (χ4n) is 3.67. The topological polar surface area (TPSA) is 92.3 Å². The summed E-state index contributed by atoms with van der Waals surface area (Å²) in [5.41, 5.74) is 3.72. The highest BCUT2D eigenvalue weighted by Gasteiger charge is 2.36. The van der Waals surface area contributed by atoms with Crippen molar-refractivity contribution in [1.29, 1.82) is 5.41 Å². The Balaban J connectivity index is 1.78. The van der Waals surface area contributed by atoms with Gasteiger partial charge in [-0.05, 0) is 55.4 Å². The average molecular weight is 452 g/mol. The molecule has 0 aliphatic carbocycles. The molecule has 0 radical (unpaired) electrons. The van der Waals surface area contributed by atoms with E-state index in [-0.39, 0.29) is 17.3 Å². The first-order valence-corrected chi connectivity index (χ1v) is 11.0. The molecule has 2 aliphatic rings. The van der Waals surface area contributed by atoms with Gasteiger partial charge >= 0.3 is 0 Å². The highest BCUT2D eigenvalue weighted by molar-refractivity contribution is 8.27. The van der Waals surface area contributed by atoms with Crippen LogP contribution in [0, 0.1) is 25.2 Å². The smallest absolute Gasteiger partial charge is 0.283 e. The largest absolute Gasteiger partial charge is 0.497 e. The van der Waals surface area contributed by atoms with Crippen LogP contribution in [0.3, 0.4) is 0 Å². The van der Waals surface area contributed by atoms with Crippen LogP contribution in [0.15, 0.2) is 39.9 Å². The van der Waals surface area contributed by atoms with Gasteiger partial charge in [0.15, 0.2) is 5.84 Å². The zero-order valence-electron chi connectivity index (χ0n) is 18.9. The second kappa shape index (κ2) is 8.31. The van der Waals surface area contributed by atoms with E-state index in [1.807, 2.05) is 56.5 Å². The fourth-order valence-corrected chi connectivity index (χ4v) is 4.56. The van der Waals surface area contributed by atoms with Gasteiger partial charge in [0.05, 0.1) is 25.5 Å². The number of ether oxygens (including phenoxy) is 2. The third-order valence-electron chi connectivity index (χ3n) is 5.36. The Kier molecular flexibility index (Phi) is 5.68. The second-order valence-corrected chi connectivity index (χ2v) is 8.80. The molecule has 0 saturated heterocycles. The number of methoxy groups -OCH3 is 2. The Bertz CT molecular complexity index is 1220. The number of hydrogen-bond donors (Lipinski definition) is 1. The van der Waals surface area contributed by atoms with Crippen molar-refractivity contribution in [3.63, 3.8) is 0 Å². The normalized spacial score (nSPS) is 17.1. The minimum absolute atomic E-state index is 0.0342. The maximum absolute atomic E-state index is 12.8. The first kappa shape index (κ1) is 21.9. The lowest BCUT2D eigenvalue weighted by Gasteiger charge is -2.20. The first-order valence-electron chi connectivity index (χ1n) is 10.2. The number of aryl methyl sites for hydroxylation is 1. The van der Waals surface area contributed by atoms with Gasteiger partial charge in [-0.25, -0.2) is 0 Å². The lowest BCUT2D eigenvalue weighted by Crippen LogP contribution is -2.35. The standard InChI is InChI=1S/C23H25N5O3S/c1-12(2)22-26-28-20(24)17(21(29)25-23(28)32-22)10-15-9-13(3)27(14(15)4)18-11-16(30-5)7-8-19(18)31-6/h7-12,24H,1-6H3/b17-10-,24-20?. The maximum Gasteiger partial charge on any atom is 0.283 e. The van der Waals surface area contributed by atoms with E-state index in [4.69, 9.17) is 14.9 Å². The van der Waals surface area contributed by atoms with E-state index >= 15 is 0 Å². The lowest BCUT2D eigenvalue weighted by molar-refractivity contribution is -0.114. The number of amidine groups is 2. The molecule has 2 aliphatic heterocycles. The molecule has 1 N–H and O–H groups in total. The molecule has 166 valence electrons. The Labute approximate surface area is 191 Å². The van der Waals surface area contributed by atoms with Crippen molar-refractivity contribution >= 4 is 39.8 Å². The van der Waals surface area contributed by atoms with Gasteiger partial charge in [-0.2, -0.15) is 15.1 Å². The molecule has 1 aromatic carbocycles. The molecule has 0 spiro atoms. The van der Waals surface area contributed by atoms with E-state index in [0.717, 1.165) is 27.7 Å². The number of amides is 1. The van der Waals surface area contributed by atoms with Crippen molar-refractivity contribution in [2.75, 3.05) is 14.2 Å². The molecule has 0 unspecified atom stereocenters. The number of fused-ring (bicyclic) bond motifs is 1. The lowest BCUT2D eigenvalue weighted by atomic mass is 10.1. The van der Waals surface area contributed by atoms with Crippen molar-refractivity contribution < 1.29 is 14.3 Å². The van der Waals surface area contributed by atoms with Gasteiger partial charge in [0, 0.05) is 23.4 Å². The zero-order valence-corrected chi connectivity index (χ0v) is 19.7. The second-order valence-electron chi connectivity index (χ2n) is 7.81. The Morgan fingerprint density at radius 2 is 1.91 bits per heavy atom. The molecule has 1 aromatic heterocycles. The first-order chi connectivity index (χ1) is 15.2. The summed E-state index contributed by atoms with van der Waals surface area (Å²) in [5, 5.41) is 15.8. The predicted octanol–water partition coefficient (Wildman–Crippen LogP) is 4.39. The number of aliphatic imine (C=N–C) groups is 1. The van der Waals surface area contributed by atoms with Gasteiger partial charge in [0.25, 0.3) is 5.91 Å². The molecule has 3 heterocycles. The number of thioether (sulfide) groups is 1. The number of benzene rings is 1. The highest BCUT2D eigenvalue weighted by Crippen LogP contribution is 2.34. The summed E-state index contributed by atoms with van der Waals surface area (Å²) in [6.07, 6.45) is 1.71. The summed E-state index contributed by atoms with van der Waals surface area (Å²) < 4.78 is 13.0. The summed E-state index contributed by atoms with van der Waals surface area (Å²) in [6, 6.07) is 7.58. The van der Waals surface area contributed by atoms with Crippen LogP contribution >= 0.6 is 11.8 Å². The number of aromatic nitrogens is 1. The van der Waals surface area contributed by atoms with Crippen LogP contribution in [-0.2, 0) is 4.79 Å². The number of carbonyl (C=O) groups excluding carboxylic acids is 1. The van der Waals surface area contributed by atoms with Crippen molar-refractivity contribution in [3.05, 3.63) is 46.8 Å². The summed E-state index contributed by atoms with van der Waals surface area (Å²) >= 11 is 1.34. The zero-order chi connectivity index (χ0) is 23.2. The van der Waals surface area contributed by atoms with Gasteiger partial charge in [0.2, 0.25) is 5.17 Å².